The van der Waals surface area contributed by atoms with Gasteiger partial charge in [0, 0.05) is 42.4 Å². The van der Waals surface area contributed by atoms with E-state index < -0.39 is 11.7 Å². The topological polar surface area (TPSA) is 59.0 Å². The van der Waals surface area contributed by atoms with Gasteiger partial charge in [0.25, 0.3) is 5.91 Å². The van der Waals surface area contributed by atoms with Crippen LogP contribution in [0.3, 0.4) is 0 Å². The van der Waals surface area contributed by atoms with Crippen molar-refractivity contribution in [2.45, 2.75) is 51.7 Å². The lowest BCUT2D eigenvalue weighted by Gasteiger charge is -2.40. The van der Waals surface area contributed by atoms with Crippen LogP contribution in [0.25, 0.3) is 11.4 Å². The van der Waals surface area contributed by atoms with Crippen LogP contribution in [-0.4, -0.2) is 38.3 Å². The van der Waals surface area contributed by atoms with Crippen molar-refractivity contribution in [1.82, 2.24) is 19.9 Å². The summed E-state index contributed by atoms with van der Waals surface area (Å²) in [5.41, 5.74) is 1.99. The molecule has 4 rings (SSSR count). The maximum absolute atomic E-state index is 13.9. The molecule has 1 saturated heterocycles. The Morgan fingerprint density at radius 1 is 1.09 bits per heavy atom. The molecule has 0 unspecified atom stereocenters. The number of nitrogens with zero attached hydrogens (tertiary/aromatic N) is 4. The van der Waals surface area contributed by atoms with Crippen molar-refractivity contribution in [1.29, 1.82) is 0 Å². The van der Waals surface area contributed by atoms with Gasteiger partial charge in [-0.2, -0.15) is 13.2 Å². The van der Waals surface area contributed by atoms with Gasteiger partial charge in [0.2, 0.25) is 0 Å². The van der Waals surface area contributed by atoms with E-state index in [-0.39, 0.29) is 17.9 Å². The molecule has 1 aliphatic heterocycles. The Bertz CT molecular complexity index is 1130. The Labute approximate surface area is 197 Å². The minimum Gasteiger partial charge on any atom is -0.335 e. The number of piperidine rings is 1. The van der Waals surface area contributed by atoms with Crippen molar-refractivity contribution < 1.29 is 18.0 Å². The van der Waals surface area contributed by atoms with Crippen LogP contribution in [0.15, 0.2) is 55.0 Å². The molecule has 3 heterocycles. The van der Waals surface area contributed by atoms with Crippen LogP contribution >= 0.6 is 0 Å². The summed E-state index contributed by atoms with van der Waals surface area (Å²) in [6, 6.07) is 9.86. The molecule has 5 nitrogen and oxygen atoms in total. The molecule has 0 N–H and O–H groups in total. The number of carbonyl (C=O) groups excluding carboxylic acids is 1. The molecule has 1 amide bonds. The highest BCUT2D eigenvalue weighted by Crippen LogP contribution is 2.32. The highest BCUT2D eigenvalue weighted by Gasteiger charge is 2.34. The van der Waals surface area contributed by atoms with Crippen molar-refractivity contribution in [2.24, 2.45) is 5.92 Å². The molecule has 2 atom stereocenters. The van der Waals surface area contributed by atoms with E-state index in [1.807, 2.05) is 30.0 Å². The Balaban J connectivity index is 1.58. The fourth-order valence-electron chi connectivity index (χ4n) is 4.70. The molecule has 0 bridgehead atoms. The first-order valence-electron chi connectivity index (χ1n) is 11.5. The van der Waals surface area contributed by atoms with Crippen LogP contribution in [0.4, 0.5) is 13.2 Å². The first-order valence-corrected chi connectivity index (χ1v) is 11.5. The largest absolute Gasteiger partial charge is 0.417 e. The van der Waals surface area contributed by atoms with Crippen LogP contribution in [-0.2, 0) is 12.6 Å². The molecule has 0 radical (unpaired) electrons. The van der Waals surface area contributed by atoms with Crippen molar-refractivity contribution in [3.63, 3.8) is 0 Å². The van der Waals surface area contributed by atoms with Crippen molar-refractivity contribution in [3.05, 3.63) is 77.4 Å². The van der Waals surface area contributed by atoms with Gasteiger partial charge in [-0.25, -0.2) is 9.97 Å². The van der Waals surface area contributed by atoms with Gasteiger partial charge in [-0.15, -0.1) is 0 Å². The monoisotopic (exact) mass is 468 g/mol. The second-order valence-corrected chi connectivity index (χ2v) is 8.83. The Morgan fingerprint density at radius 2 is 1.85 bits per heavy atom. The number of benzene rings is 1. The predicted molar refractivity (Wildman–Crippen MR) is 123 cm³/mol. The maximum Gasteiger partial charge on any atom is 0.417 e. The molecule has 1 fully saturated rings. The molecule has 0 spiro atoms. The molecule has 34 heavy (non-hydrogen) atoms. The number of hydrogen-bond acceptors (Lipinski definition) is 4. The van der Waals surface area contributed by atoms with Crippen LogP contribution < -0.4 is 0 Å². The molecule has 1 aliphatic rings. The van der Waals surface area contributed by atoms with E-state index in [9.17, 15) is 18.0 Å². The summed E-state index contributed by atoms with van der Waals surface area (Å²) in [6.45, 7) is 4.68. The van der Waals surface area contributed by atoms with E-state index in [0.29, 0.717) is 42.0 Å². The number of hydrogen-bond donors (Lipinski definition) is 0. The zero-order chi connectivity index (χ0) is 24.3. The fraction of sp³-hybridized carbons (Fsp3) is 0.385. The van der Waals surface area contributed by atoms with Gasteiger partial charge in [0.1, 0.15) is 0 Å². The first kappa shape index (κ1) is 23.9. The SMILES string of the molecule is Cc1cccc(-c2ncccn2)c1C(=O)N1CCC[C@@H](C)[C@H]1CCc1ccc(C(F)(F)F)cn1. The van der Waals surface area contributed by atoms with Gasteiger partial charge < -0.3 is 4.90 Å². The van der Waals surface area contributed by atoms with E-state index in [4.69, 9.17) is 0 Å². The summed E-state index contributed by atoms with van der Waals surface area (Å²) in [6.07, 6.45) is 2.82. The minimum absolute atomic E-state index is 0.0329. The third-order valence-electron chi connectivity index (χ3n) is 6.52. The zero-order valence-electron chi connectivity index (χ0n) is 19.2. The summed E-state index contributed by atoms with van der Waals surface area (Å²) in [5.74, 6) is 0.718. The number of aromatic nitrogens is 3. The molecule has 0 saturated carbocycles. The summed E-state index contributed by atoms with van der Waals surface area (Å²) in [4.78, 5) is 28.5. The lowest BCUT2D eigenvalue weighted by molar-refractivity contribution is -0.137. The lowest BCUT2D eigenvalue weighted by Crippen LogP contribution is -2.48. The van der Waals surface area contributed by atoms with Gasteiger partial charge in [-0.1, -0.05) is 25.1 Å². The van der Waals surface area contributed by atoms with Crippen LogP contribution in [0.1, 0.15) is 53.4 Å². The van der Waals surface area contributed by atoms with E-state index >= 15 is 0 Å². The first-order chi connectivity index (χ1) is 16.3. The number of halogens is 3. The van der Waals surface area contributed by atoms with E-state index in [1.54, 1.807) is 18.5 Å². The molecule has 8 heteroatoms. The molecular formula is C26H27F3N4O. The summed E-state index contributed by atoms with van der Waals surface area (Å²) in [5, 5.41) is 0. The Morgan fingerprint density at radius 3 is 2.53 bits per heavy atom. The highest BCUT2D eigenvalue weighted by atomic mass is 19.4. The Kier molecular flexibility index (Phi) is 6.95. The summed E-state index contributed by atoms with van der Waals surface area (Å²) in [7, 11) is 0. The van der Waals surface area contributed by atoms with Crippen molar-refractivity contribution in [2.75, 3.05) is 6.54 Å². The van der Waals surface area contributed by atoms with Gasteiger partial charge in [0.15, 0.2) is 5.82 Å². The van der Waals surface area contributed by atoms with Crippen molar-refractivity contribution in [3.8, 4) is 11.4 Å². The zero-order valence-corrected chi connectivity index (χ0v) is 19.2. The number of rotatable bonds is 5. The molecule has 1 aromatic carbocycles. The average molecular weight is 469 g/mol. The van der Waals surface area contributed by atoms with Gasteiger partial charge in [0.05, 0.1) is 11.1 Å². The third kappa shape index (κ3) is 5.11. The van der Waals surface area contributed by atoms with Crippen LogP contribution in [0.5, 0.6) is 0 Å². The van der Waals surface area contributed by atoms with E-state index in [2.05, 4.69) is 21.9 Å². The standard InChI is InChI=1S/C26H27F3N4O/c1-17-7-4-15-33(22(17)12-11-20-10-9-19(16-32-20)26(27,28)29)25(34)23-18(2)6-3-8-21(23)24-30-13-5-14-31-24/h3,5-6,8-10,13-14,16-17,22H,4,7,11-12,15H2,1-2H3/t17-,22-/m1/s1. The van der Waals surface area contributed by atoms with E-state index in [0.717, 1.165) is 30.7 Å². The average Bonchev–Trinajstić information content (AvgIpc) is 2.83. The molecule has 0 aliphatic carbocycles. The molecular weight excluding hydrogens is 441 g/mol. The maximum atomic E-state index is 13.9. The third-order valence-corrected chi connectivity index (χ3v) is 6.52. The molecule has 178 valence electrons. The van der Waals surface area contributed by atoms with Crippen LogP contribution in [0, 0.1) is 12.8 Å². The van der Waals surface area contributed by atoms with Gasteiger partial charge >= 0.3 is 6.18 Å². The predicted octanol–water partition coefficient (Wildman–Crippen LogP) is 5.74. The van der Waals surface area contributed by atoms with Crippen LogP contribution in [0.2, 0.25) is 0 Å². The fourth-order valence-corrected chi connectivity index (χ4v) is 4.70. The molecule has 2 aromatic heterocycles. The lowest BCUT2D eigenvalue weighted by atomic mass is 9.86. The number of alkyl halides is 3. The quantitative estimate of drug-likeness (QED) is 0.479. The highest BCUT2D eigenvalue weighted by molar-refractivity contribution is 6.01. The minimum atomic E-state index is -4.40. The van der Waals surface area contributed by atoms with Gasteiger partial charge in [-0.05, 0) is 62.3 Å². The normalized spacial score (nSPS) is 18.7. The molecule has 3 aromatic rings. The second kappa shape index (κ2) is 9.91. The number of likely N-dealkylation sites (tertiary alicyclic amines) is 1. The second-order valence-electron chi connectivity index (χ2n) is 8.83. The van der Waals surface area contributed by atoms with E-state index in [1.165, 1.54) is 6.07 Å². The number of carbonyl (C=O) groups is 1. The number of aryl methyl sites for hydroxylation is 2. The number of pyridine rings is 1. The number of amides is 1. The summed E-state index contributed by atoms with van der Waals surface area (Å²) < 4.78 is 38.5. The van der Waals surface area contributed by atoms with Crippen molar-refractivity contribution >= 4 is 5.91 Å². The smallest absolute Gasteiger partial charge is 0.335 e. The Hall–Kier alpha value is -3.29. The summed E-state index contributed by atoms with van der Waals surface area (Å²) >= 11 is 0. The van der Waals surface area contributed by atoms with Gasteiger partial charge in [-0.3, -0.25) is 9.78 Å².